The van der Waals surface area contributed by atoms with Crippen LogP contribution in [0.4, 0.5) is 5.82 Å². The number of nitrogen functional groups attached to an aromatic ring is 1. The van der Waals surface area contributed by atoms with Gasteiger partial charge < -0.3 is 42.2 Å². The van der Waals surface area contributed by atoms with Gasteiger partial charge in [0, 0.05) is 19.6 Å². The summed E-state index contributed by atoms with van der Waals surface area (Å²) in [6.07, 6.45) is 0.534. The average molecular weight is 517 g/mol. The van der Waals surface area contributed by atoms with E-state index < -0.39 is 36.6 Å². The molecule has 9 N–H and O–H groups in total. The number of aliphatic hydroxyl groups is 2. The van der Waals surface area contributed by atoms with Gasteiger partial charge in [-0.1, -0.05) is 37.3 Å². The van der Waals surface area contributed by atoms with Crippen molar-refractivity contribution in [3.8, 4) is 0 Å². The molecule has 37 heavy (non-hydrogen) atoms. The number of nitrogens with zero attached hydrogens (tertiary/aromatic N) is 4. The first-order chi connectivity index (χ1) is 17.8. The van der Waals surface area contributed by atoms with E-state index in [0.29, 0.717) is 30.6 Å². The number of carboxylic acids is 1. The highest BCUT2D eigenvalue weighted by atomic mass is 16.6. The zero-order valence-electron chi connectivity index (χ0n) is 20.8. The number of benzene rings is 1. The van der Waals surface area contributed by atoms with Gasteiger partial charge in [-0.05, 0) is 24.9 Å². The normalized spacial score (nSPS) is 21.9. The first-order valence-electron chi connectivity index (χ1n) is 12.2. The molecule has 0 bridgehead atoms. The molecule has 5 unspecified atom stereocenters. The number of hydrogen-bond acceptors (Lipinski definition) is 11. The van der Waals surface area contributed by atoms with Crippen LogP contribution in [0.15, 0.2) is 43.0 Å². The highest BCUT2D eigenvalue weighted by Crippen LogP contribution is 2.33. The van der Waals surface area contributed by atoms with Crippen molar-refractivity contribution in [2.24, 2.45) is 5.73 Å². The number of aliphatic hydroxyl groups excluding tert-OH is 2. The number of anilines is 1. The highest BCUT2D eigenvalue weighted by Gasteiger charge is 2.43. The second-order valence-corrected chi connectivity index (χ2v) is 8.68. The molecule has 0 radical (unpaired) electrons. The number of hydrogen-bond donors (Lipinski definition) is 7. The molecule has 0 saturated carbocycles. The van der Waals surface area contributed by atoms with Crippen molar-refractivity contribution in [2.75, 3.05) is 25.4 Å². The van der Waals surface area contributed by atoms with Gasteiger partial charge in [-0.15, -0.1) is 0 Å². The Hall–Kier alpha value is -3.20. The molecule has 1 aromatic carbocycles. The van der Waals surface area contributed by atoms with Gasteiger partial charge >= 0.3 is 5.97 Å². The van der Waals surface area contributed by atoms with Crippen LogP contribution in [-0.4, -0.2) is 84.8 Å². The fourth-order valence-electron chi connectivity index (χ4n) is 3.80. The molecule has 3 heterocycles. The summed E-state index contributed by atoms with van der Waals surface area (Å²) in [5.41, 5.74) is 13.0. The van der Waals surface area contributed by atoms with Crippen molar-refractivity contribution in [3.05, 3.63) is 48.5 Å². The van der Waals surface area contributed by atoms with Crippen LogP contribution in [0.5, 0.6) is 0 Å². The van der Waals surface area contributed by atoms with Crippen LogP contribution in [0, 0.1) is 0 Å². The summed E-state index contributed by atoms with van der Waals surface area (Å²) in [6.45, 7) is 4.85. The van der Waals surface area contributed by atoms with Crippen molar-refractivity contribution >= 4 is 23.0 Å². The Balaban J connectivity index is 0.000000479. The summed E-state index contributed by atoms with van der Waals surface area (Å²) < 4.78 is 7.52. The van der Waals surface area contributed by atoms with Crippen LogP contribution in [0.1, 0.15) is 31.6 Å². The summed E-state index contributed by atoms with van der Waals surface area (Å²) in [5.74, 6) is -0.670. The number of imidazole rings is 1. The molecule has 4 rings (SSSR count). The lowest BCUT2D eigenvalue weighted by atomic mass is 10.1. The Bertz CT molecular complexity index is 1110. The van der Waals surface area contributed by atoms with E-state index >= 15 is 0 Å². The predicted octanol–water partition coefficient (Wildman–Crippen LogP) is -0.394. The maximum absolute atomic E-state index is 10.5. The molecule has 0 amide bonds. The Morgan fingerprint density at radius 3 is 2.51 bits per heavy atom. The van der Waals surface area contributed by atoms with Crippen LogP contribution in [0.3, 0.4) is 0 Å². The number of nitrogens with one attached hydrogen (secondary N) is 2. The smallest absolute Gasteiger partial charge is 0.320 e. The van der Waals surface area contributed by atoms with Gasteiger partial charge in [-0.3, -0.25) is 9.36 Å². The second-order valence-electron chi connectivity index (χ2n) is 8.68. The number of carboxylic acid groups (broad SMARTS) is 1. The van der Waals surface area contributed by atoms with Gasteiger partial charge in [-0.2, -0.15) is 0 Å². The molecule has 3 aromatic rings. The Morgan fingerprint density at radius 2 is 1.84 bits per heavy atom. The first-order valence-corrected chi connectivity index (χ1v) is 12.2. The molecule has 5 atom stereocenters. The van der Waals surface area contributed by atoms with E-state index in [0.717, 1.165) is 19.6 Å². The Kier molecular flexibility index (Phi) is 10.7. The summed E-state index contributed by atoms with van der Waals surface area (Å²) in [5, 5.41) is 35.7. The first kappa shape index (κ1) is 28.4. The quantitative estimate of drug-likeness (QED) is 0.163. The van der Waals surface area contributed by atoms with E-state index in [9.17, 15) is 15.0 Å². The van der Waals surface area contributed by atoms with Gasteiger partial charge in [0.15, 0.2) is 17.7 Å². The minimum Gasteiger partial charge on any atom is -0.480 e. The van der Waals surface area contributed by atoms with Crippen molar-refractivity contribution in [2.45, 2.75) is 56.9 Å². The molecule has 13 nitrogen and oxygen atoms in total. The lowest BCUT2D eigenvalue weighted by molar-refractivity contribution is -0.138. The molecule has 1 aliphatic heterocycles. The van der Waals surface area contributed by atoms with E-state index in [4.69, 9.17) is 21.3 Å². The minimum absolute atomic E-state index is 0.258. The third kappa shape index (κ3) is 7.64. The van der Waals surface area contributed by atoms with Gasteiger partial charge in [0.2, 0.25) is 0 Å². The molecule has 202 valence electrons. The average Bonchev–Trinajstić information content (AvgIpc) is 3.45. The van der Waals surface area contributed by atoms with E-state index in [1.54, 1.807) is 11.5 Å². The zero-order chi connectivity index (χ0) is 26.8. The molecule has 0 aliphatic carbocycles. The van der Waals surface area contributed by atoms with E-state index in [2.05, 4.69) is 37.7 Å². The molecule has 1 fully saturated rings. The topological polar surface area (TPSA) is 207 Å². The number of aliphatic carboxylic acids is 1. The number of ether oxygens (including phenoxy) is 1. The van der Waals surface area contributed by atoms with Crippen molar-refractivity contribution in [1.82, 2.24) is 30.2 Å². The van der Waals surface area contributed by atoms with Crippen LogP contribution >= 0.6 is 0 Å². The lowest BCUT2D eigenvalue weighted by Gasteiger charge is -2.16. The van der Waals surface area contributed by atoms with Crippen LogP contribution in [0.2, 0.25) is 0 Å². The minimum atomic E-state index is -1.09. The van der Waals surface area contributed by atoms with Crippen molar-refractivity contribution in [3.63, 3.8) is 0 Å². The number of carbonyl (C=O) groups is 1. The molecular weight excluding hydrogens is 480 g/mol. The largest absolute Gasteiger partial charge is 0.480 e. The Labute approximate surface area is 214 Å². The van der Waals surface area contributed by atoms with Crippen LogP contribution in [0.25, 0.3) is 11.2 Å². The second kappa shape index (κ2) is 13.9. The Morgan fingerprint density at radius 1 is 1.11 bits per heavy atom. The van der Waals surface area contributed by atoms with Gasteiger partial charge in [0.05, 0.1) is 12.4 Å². The monoisotopic (exact) mass is 516 g/mol. The van der Waals surface area contributed by atoms with Crippen LogP contribution < -0.4 is 22.1 Å². The molecule has 1 saturated heterocycles. The fraction of sp³-hybridized carbons (Fsp3) is 0.500. The number of aromatic nitrogens is 4. The maximum Gasteiger partial charge on any atom is 0.320 e. The summed E-state index contributed by atoms with van der Waals surface area (Å²) in [6, 6.07) is 9.55. The van der Waals surface area contributed by atoms with Crippen molar-refractivity contribution in [1.29, 1.82) is 0 Å². The number of fused-ring (bicyclic) bond motifs is 1. The highest BCUT2D eigenvalue weighted by molar-refractivity contribution is 5.81. The SMILES string of the molecule is CCC(N)C(=O)O.Nc1ncnc2c1ncn2C1OC(CCNCCNCc2ccccc2)C(O)C1O. The van der Waals surface area contributed by atoms with Gasteiger partial charge in [0.25, 0.3) is 0 Å². The number of rotatable bonds is 11. The van der Waals surface area contributed by atoms with Gasteiger partial charge in [-0.25, -0.2) is 15.0 Å². The van der Waals surface area contributed by atoms with E-state index in [1.807, 2.05) is 18.2 Å². The van der Waals surface area contributed by atoms with E-state index in [1.165, 1.54) is 18.2 Å². The third-order valence-electron chi connectivity index (χ3n) is 6.01. The predicted molar refractivity (Wildman–Crippen MR) is 137 cm³/mol. The number of nitrogens with two attached hydrogens (primary N) is 2. The standard InChI is InChI=1S/C20H27N7O3.C4H9NO2/c21-18-15-19(25-11-24-18)27(12-26-15)20-17(29)16(28)14(30-20)6-7-22-8-9-23-10-13-4-2-1-3-5-13;1-2-3(5)4(6)7/h1-5,11-12,14,16-17,20,22-23,28-29H,6-10H2,(H2,21,24,25);3H,2,5H2,1H3,(H,6,7). The maximum atomic E-state index is 10.5. The molecular formula is C24H36N8O5. The molecule has 1 aliphatic rings. The summed E-state index contributed by atoms with van der Waals surface area (Å²) >= 11 is 0. The lowest BCUT2D eigenvalue weighted by Crippen LogP contribution is -2.34. The van der Waals surface area contributed by atoms with E-state index in [-0.39, 0.29) is 5.82 Å². The third-order valence-corrected chi connectivity index (χ3v) is 6.01. The molecule has 2 aromatic heterocycles. The molecule has 0 spiro atoms. The fourth-order valence-corrected chi connectivity index (χ4v) is 3.80. The van der Waals surface area contributed by atoms with Crippen LogP contribution in [-0.2, 0) is 16.1 Å². The summed E-state index contributed by atoms with van der Waals surface area (Å²) in [7, 11) is 0. The molecule has 13 heteroatoms. The van der Waals surface area contributed by atoms with Gasteiger partial charge in [0.1, 0.15) is 30.1 Å². The zero-order valence-corrected chi connectivity index (χ0v) is 20.8. The summed E-state index contributed by atoms with van der Waals surface area (Å²) in [4.78, 5) is 22.1. The van der Waals surface area contributed by atoms with Crippen molar-refractivity contribution < 1.29 is 24.9 Å².